The zero-order chi connectivity index (χ0) is 24.6. The second-order valence-corrected chi connectivity index (χ2v) is 9.41. The summed E-state index contributed by atoms with van der Waals surface area (Å²) in [6.45, 7) is 3.69. The second-order valence-electron chi connectivity index (χ2n) is 7.55. The number of carbonyl (C=O) groups excluding carboxylic acids is 2. The number of carbonyl (C=O) groups is 2. The lowest BCUT2D eigenvalue weighted by Gasteiger charge is -2.27. The maximum atomic E-state index is 13.0. The molecule has 0 saturated carbocycles. The molecule has 3 N–H and O–H groups in total. The Kier molecular flexibility index (Phi) is 9.19. The van der Waals surface area contributed by atoms with Gasteiger partial charge in [0.2, 0.25) is 21.8 Å². The molecule has 0 aliphatic rings. The SMILES string of the molecule is CCCc1ccc([C@H](C)N(CC(N)=O)C(=O)/C=C\c2ccc(OC)c(S(=O)(=O)NC)c2)cc1. The van der Waals surface area contributed by atoms with Crippen LogP contribution in [0.3, 0.4) is 0 Å². The van der Waals surface area contributed by atoms with Gasteiger partial charge in [-0.3, -0.25) is 9.59 Å². The first-order valence-corrected chi connectivity index (χ1v) is 12.1. The van der Waals surface area contributed by atoms with E-state index in [9.17, 15) is 18.0 Å². The lowest BCUT2D eigenvalue weighted by molar-refractivity contribution is -0.133. The van der Waals surface area contributed by atoms with E-state index >= 15 is 0 Å². The Balaban J connectivity index is 2.31. The van der Waals surface area contributed by atoms with Crippen molar-refractivity contribution in [1.82, 2.24) is 9.62 Å². The molecule has 178 valence electrons. The highest BCUT2D eigenvalue weighted by Crippen LogP contribution is 2.26. The minimum absolute atomic E-state index is 0.0448. The fourth-order valence-electron chi connectivity index (χ4n) is 3.39. The molecule has 0 radical (unpaired) electrons. The third-order valence-electron chi connectivity index (χ3n) is 5.24. The first kappa shape index (κ1) is 26.1. The molecule has 8 nitrogen and oxygen atoms in total. The van der Waals surface area contributed by atoms with Gasteiger partial charge in [-0.25, -0.2) is 13.1 Å². The lowest BCUT2D eigenvalue weighted by atomic mass is 10.0. The molecule has 0 fully saturated rings. The predicted molar refractivity (Wildman–Crippen MR) is 128 cm³/mol. The third kappa shape index (κ3) is 6.90. The number of nitrogens with one attached hydrogen (secondary N) is 1. The largest absolute Gasteiger partial charge is 0.495 e. The highest BCUT2D eigenvalue weighted by Gasteiger charge is 2.22. The number of primary amides is 1. The van der Waals surface area contributed by atoms with Crippen LogP contribution in [0.25, 0.3) is 6.08 Å². The molecule has 0 bridgehead atoms. The molecule has 2 aromatic carbocycles. The number of methoxy groups -OCH3 is 1. The van der Waals surface area contributed by atoms with Crippen molar-refractivity contribution in [2.75, 3.05) is 20.7 Å². The second kappa shape index (κ2) is 11.6. The van der Waals surface area contributed by atoms with Crippen molar-refractivity contribution in [2.45, 2.75) is 37.6 Å². The molecular formula is C24H31N3O5S. The average molecular weight is 474 g/mol. The van der Waals surface area contributed by atoms with E-state index in [-0.39, 0.29) is 23.2 Å². The summed E-state index contributed by atoms with van der Waals surface area (Å²) in [6, 6.07) is 12.1. The minimum Gasteiger partial charge on any atom is -0.495 e. The van der Waals surface area contributed by atoms with Crippen LogP contribution in [0, 0.1) is 0 Å². The standard InChI is InChI=1S/C24H31N3O5S/c1-5-6-18-7-11-20(12-8-18)17(2)27(16-23(25)28)24(29)14-10-19-9-13-21(32-4)22(15-19)33(30,31)26-3/h7-15,17,26H,5-6,16H2,1-4H3,(H2,25,28)/b14-10-/t17-/m0/s1. The smallest absolute Gasteiger partial charge is 0.247 e. The Morgan fingerprint density at radius 1 is 1.18 bits per heavy atom. The fourth-order valence-corrected chi connectivity index (χ4v) is 4.31. The maximum absolute atomic E-state index is 13.0. The summed E-state index contributed by atoms with van der Waals surface area (Å²) in [5.41, 5.74) is 7.95. The quantitative estimate of drug-likeness (QED) is 0.486. The summed E-state index contributed by atoms with van der Waals surface area (Å²) in [7, 11) is -1.08. The van der Waals surface area contributed by atoms with Crippen LogP contribution < -0.4 is 15.2 Å². The van der Waals surface area contributed by atoms with Crippen molar-refractivity contribution in [3.05, 3.63) is 65.2 Å². The van der Waals surface area contributed by atoms with Gasteiger partial charge in [-0.2, -0.15) is 0 Å². The lowest BCUT2D eigenvalue weighted by Crippen LogP contribution is -2.39. The summed E-state index contributed by atoms with van der Waals surface area (Å²) >= 11 is 0. The van der Waals surface area contributed by atoms with Crippen molar-refractivity contribution >= 4 is 27.9 Å². The number of nitrogens with zero attached hydrogens (tertiary/aromatic N) is 1. The van der Waals surface area contributed by atoms with Crippen LogP contribution in [-0.4, -0.2) is 45.8 Å². The van der Waals surface area contributed by atoms with E-state index in [0.717, 1.165) is 18.4 Å². The molecule has 2 amide bonds. The molecular weight excluding hydrogens is 442 g/mol. The zero-order valence-corrected chi connectivity index (χ0v) is 20.2. The molecule has 9 heteroatoms. The number of amides is 2. The molecule has 1 atom stereocenters. The fraction of sp³-hybridized carbons (Fsp3) is 0.333. The van der Waals surface area contributed by atoms with Gasteiger partial charge in [0.25, 0.3) is 0 Å². The predicted octanol–water partition coefficient (Wildman–Crippen LogP) is 2.64. The molecule has 0 aromatic heterocycles. The number of nitrogens with two attached hydrogens (primary N) is 1. The van der Waals surface area contributed by atoms with Crippen molar-refractivity contribution in [3.8, 4) is 5.75 Å². The monoisotopic (exact) mass is 473 g/mol. The van der Waals surface area contributed by atoms with E-state index in [4.69, 9.17) is 10.5 Å². The molecule has 33 heavy (non-hydrogen) atoms. The van der Waals surface area contributed by atoms with E-state index in [1.54, 1.807) is 6.07 Å². The van der Waals surface area contributed by atoms with E-state index in [1.807, 2.05) is 31.2 Å². The van der Waals surface area contributed by atoms with Gasteiger partial charge in [0, 0.05) is 6.08 Å². The van der Waals surface area contributed by atoms with Crippen LogP contribution in [-0.2, 0) is 26.0 Å². The van der Waals surface area contributed by atoms with E-state index in [2.05, 4.69) is 11.6 Å². The maximum Gasteiger partial charge on any atom is 0.247 e. The molecule has 0 aliphatic carbocycles. The van der Waals surface area contributed by atoms with Gasteiger partial charge in [0.05, 0.1) is 13.2 Å². The van der Waals surface area contributed by atoms with Gasteiger partial charge < -0.3 is 15.4 Å². The van der Waals surface area contributed by atoms with Gasteiger partial charge in [0.15, 0.2) is 0 Å². The topological polar surface area (TPSA) is 119 Å². The highest BCUT2D eigenvalue weighted by molar-refractivity contribution is 7.89. The number of aryl methyl sites for hydroxylation is 1. The molecule has 2 aromatic rings. The van der Waals surface area contributed by atoms with Gasteiger partial charge >= 0.3 is 0 Å². The summed E-state index contributed by atoms with van der Waals surface area (Å²) in [5.74, 6) is -0.867. The number of hydrogen-bond acceptors (Lipinski definition) is 5. The first-order chi connectivity index (χ1) is 15.6. The van der Waals surface area contributed by atoms with Gasteiger partial charge in [-0.1, -0.05) is 43.7 Å². The molecule has 0 heterocycles. The molecule has 0 aliphatic heterocycles. The van der Waals surface area contributed by atoms with E-state index < -0.39 is 21.8 Å². The summed E-state index contributed by atoms with van der Waals surface area (Å²) in [4.78, 5) is 25.9. The van der Waals surface area contributed by atoms with Gasteiger partial charge in [-0.05, 0) is 55.3 Å². The zero-order valence-electron chi connectivity index (χ0n) is 19.4. The minimum atomic E-state index is -3.76. The van der Waals surface area contributed by atoms with Crippen LogP contribution in [0.2, 0.25) is 0 Å². The average Bonchev–Trinajstić information content (AvgIpc) is 2.81. The van der Waals surface area contributed by atoms with Crippen molar-refractivity contribution in [1.29, 1.82) is 0 Å². The Morgan fingerprint density at radius 3 is 2.39 bits per heavy atom. The molecule has 0 unspecified atom stereocenters. The molecule has 0 spiro atoms. The van der Waals surface area contributed by atoms with E-state index in [0.29, 0.717) is 5.56 Å². The Labute approximate surface area is 195 Å². The molecule has 0 saturated heterocycles. The van der Waals surface area contributed by atoms with Crippen molar-refractivity contribution in [2.24, 2.45) is 5.73 Å². The number of benzene rings is 2. The Hall–Kier alpha value is -3.17. The van der Waals surface area contributed by atoms with Crippen LogP contribution in [0.4, 0.5) is 0 Å². The van der Waals surface area contributed by atoms with Crippen LogP contribution in [0.1, 0.15) is 43.0 Å². The number of rotatable bonds is 11. The number of ether oxygens (including phenoxy) is 1. The van der Waals surface area contributed by atoms with Crippen molar-refractivity contribution in [3.63, 3.8) is 0 Å². The van der Waals surface area contributed by atoms with Crippen LogP contribution >= 0.6 is 0 Å². The highest BCUT2D eigenvalue weighted by atomic mass is 32.2. The van der Waals surface area contributed by atoms with E-state index in [1.165, 1.54) is 48.9 Å². The summed E-state index contributed by atoms with van der Waals surface area (Å²) < 4.78 is 31.9. The number of sulfonamides is 1. The van der Waals surface area contributed by atoms with Gasteiger partial charge in [-0.15, -0.1) is 0 Å². The van der Waals surface area contributed by atoms with Crippen molar-refractivity contribution < 1.29 is 22.7 Å². The summed E-state index contributed by atoms with van der Waals surface area (Å²) in [5, 5.41) is 0. The molecule has 2 rings (SSSR count). The first-order valence-electron chi connectivity index (χ1n) is 10.6. The number of hydrogen-bond donors (Lipinski definition) is 2. The van der Waals surface area contributed by atoms with Crippen LogP contribution in [0.5, 0.6) is 5.75 Å². The third-order valence-corrected chi connectivity index (χ3v) is 6.68. The van der Waals surface area contributed by atoms with Gasteiger partial charge in [0.1, 0.15) is 17.2 Å². The summed E-state index contributed by atoms with van der Waals surface area (Å²) in [6.07, 6.45) is 4.78. The Bertz CT molecular complexity index is 1110. The normalized spacial score (nSPS) is 12.5. The Morgan fingerprint density at radius 2 is 1.85 bits per heavy atom. The van der Waals surface area contributed by atoms with Crippen LogP contribution in [0.15, 0.2) is 53.4 Å².